The van der Waals surface area contributed by atoms with Crippen molar-refractivity contribution in [2.75, 3.05) is 27.4 Å². The molecule has 0 unspecified atom stereocenters. The maximum absolute atomic E-state index is 12.5. The molecular weight excluding hydrogens is 360 g/mol. The molecule has 0 saturated carbocycles. The topological polar surface area (TPSA) is 71.1 Å². The van der Waals surface area contributed by atoms with Crippen molar-refractivity contribution in [1.82, 2.24) is 0 Å². The van der Waals surface area contributed by atoms with Gasteiger partial charge in [-0.25, -0.2) is 0 Å². The van der Waals surface area contributed by atoms with Gasteiger partial charge in [-0.3, -0.25) is 9.59 Å². The van der Waals surface area contributed by atoms with Crippen molar-refractivity contribution >= 4 is 11.6 Å². The van der Waals surface area contributed by atoms with Gasteiger partial charge in [0, 0.05) is 24.0 Å². The highest BCUT2D eigenvalue weighted by Crippen LogP contribution is 2.30. The summed E-state index contributed by atoms with van der Waals surface area (Å²) in [6.45, 7) is 4.65. The predicted octanol–water partition coefficient (Wildman–Crippen LogP) is 4.35. The van der Waals surface area contributed by atoms with Crippen LogP contribution in [0.15, 0.2) is 36.4 Å². The number of hydrogen-bond acceptors (Lipinski definition) is 6. The van der Waals surface area contributed by atoms with Gasteiger partial charge in [0.15, 0.2) is 34.6 Å². The van der Waals surface area contributed by atoms with Gasteiger partial charge in [0.25, 0.3) is 0 Å². The van der Waals surface area contributed by atoms with E-state index in [9.17, 15) is 9.59 Å². The molecule has 0 saturated heterocycles. The fraction of sp³-hybridized carbons (Fsp3) is 0.364. The smallest absolute Gasteiger partial charge is 0.163 e. The van der Waals surface area contributed by atoms with Crippen LogP contribution in [0.25, 0.3) is 0 Å². The Hall–Kier alpha value is -3.02. The minimum atomic E-state index is -0.129. The number of ketones is 2. The minimum absolute atomic E-state index is 0.104. The first-order valence-corrected chi connectivity index (χ1v) is 9.22. The van der Waals surface area contributed by atoms with Crippen molar-refractivity contribution in [3.8, 4) is 23.0 Å². The number of rotatable bonds is 11. The lowest BCUT2D eigenvalue weighted by atomic mass is 10.0. The van der Waals surface area contributed by atoms with E-state index in [-0.39, 0.29) is 24.4 Å². The van der Waals surface area contributed by atoms with Crippen molar-refractivity contribution in [2.45, 2.75) is 26.7 Å². The van der Waals surface area contributed by atoms with Crippen LogP contribution in [0.4, 0.5) is 0 Å². The van der Waals surface area contributed by atoms with Crippen LogP contribution >= 0.6 is 0 Å². The van der Waals surface area contributed by atoms with Crippen LogP contribution in [0, 0.1) is 0 Å². The molecule has 0 radical (unpaired) electrons. The number of carbonyl (C=O) groups excluding carboxylic acids is 2. The number of benzene rings is 2. The van der Waals surface area contributed by atoms with Crippen LogP contribution in [0.5, 0.6) is 23.0 Å². The lowest BCUT2D eigenvalue weighted by Gasteiger charge is -2.11. The zero-order valence-electron chi connectivity index (χ0n) is 16.7. The Balaban J connectivity index is 2.07. The van der Waals surface area contributed by atoms with Gasteiger partial charge in [0.05, 0.1) is 27.4 Å². The molecule has 6 heteroatoms. The number of Topliss-reactive ketones (excluding diaryl/α,β-unsaturated/α-hetero) is 2. The summed E-state index contributed by atoms with van der Waals surface area (Å²) in [5, 5.41) is 0. The summed E-state index contributed by atoms with van der Waals surface area (Å²) < 4.78 is 21.5. The second-order valence-electron chi connectivity index (χ2n) is 5.94. The Morgan fingerprint density at radius 2 is 1.07 bits per heavy atom. The summed E-state index contributed by atoms with van der Waals surface area (Å²) in [5.74, 6) is 1.90. The maximum Gasteiger partial charge on any atom is 0.163 e. The highest BCUT2D eigenvalue weighted by molar-refractivity contribution is 6.02. The van der Waals surface area contributed by atoms with E-state index in [4.69, 9.17) is 18.9 Å². The van der Waals surface area contributed by atoms with E-state index in [0.717, 1.165) is 0 Å². The Labute approximate surface area is 165 Å². The van der Waals surface area contributed by atoms with Crippen LogP contribution in [0.1, 0.15) is 47.4 Å². The van der Waals surface area contributed by atoms with E-state index in [1.165, 1.54) is 0 Å². The van der Waals surface area contributed by atoms with Gasteiger partial charge in [0.2, 0.25) is 0 Å². The maximum atomic E-state index is 12.5. The van der Waals surface area contributed by atoms with Crippen molar-refractivity contribution in [3.05, 3.63) is 47.5 Å². The van der Waals surface area contributed by atoms with Crippen molar-refractivity contribution in [2.24, 2.45) is 0 Å². The first-order valence-electron chi connectivity index (χ1n) is 9.22. The Morgan fingerprint density at radius 1 is 0.679 bits per heavy atom. The Bertz CT molecular complexity index is 758. The molecule has 2 rings (SSSR count). The third-order valence-electron chi connectivity index (χ3n) is 4.15. The fourth-order valence-corrected chi connectivity index (χ4v) is 2.75. The molecule has 0 bridgehead atoms. The zero-order chi connectivity index (χ0) is 20.5. The first kappa shape index (κ1) is 21.3. The summed E-state index contributed by atoms with van der Waals surface area (Å²) in [6.07, 6.45) is 0.208. The molecule has 6 nitrogen and oxygen atoms in total. The van der Waals surface area contributed by atoms with Crippen LogP contribution < -0.4 is 18.9 Å². The molecule has 0 aliphatic rings. The Morgan fingerprint density at radius 3 is 1.39 bits per heavy atom. The Kier molecular flexibility index (Phi) is 7.87. The lowest BCUT2D eigenvalue weighted by Crippen LogP contribution is -2.07. The van der Waals surface area contributed by atoms with E-state index >= 15 is 0 Å². The quantitative estimate of drug-likeness (QED) is 0.535. The highest BCUT2D eigenvalue weighted by Gasteiger charge is 2.15. The molecule has 0 heterocycles. The van der Waals surface area contributed by atoms with Crippen molar-refractivity contribution in [3.63, 3.8) is 0 Å². The largest absolute Gasteiger partial charge is 0.493 e. The summed E-state index contributed by atoms with van der Waals surface area (Å²) >= 11 is 0. The third kappa shape index (κ3) is 5.25. The molecule has 0 aliphatic heterocycles. The van der Waals surface area contributed by atoms with E-state index in [1.54, 1.807) is 50.6 Å². The van der Waals surface area contributed by atoms with Gasteiger partial charge < -0.3 is 18.9 Å². The van der Waals surface area contributed by atoms with Gasteiger partial charge >= 0.3 is 0 Å². The fourth-order valence-electron chi connectivity index (χ4n) is 2.75. The summed E-state index contributed by atoms with van der Waals surface area (Å²) in [4.78, 5) is 25.0. The normalized spacial score (nSPS) is 10.3. The standard InChI is InChI=1S/C22H26O6/c1-5-27-21-13-15(7-11-19(21)25-3)17(23)9-10-18(24)16-8-12-20(26-4)22(14-16)28-6-2/h7-8,11-14H,5-6,9-10H2,1-4H3. The number of carbonyl (C=O) groups is 2. The van der Waals surface area contributed by atoms with E-state index in [1.807, 2.05) is 13.8 Å². The minimum Gasteiger partial charge on any atom is -0.493 e. The van der Waals surface area contributed by atoms with Gasteiger partial charge in [0.1, 0.15) is 0 Å². The van der Waals surface area contributed by atoms with Crippen molar-refractivity contribution in [1.29, 1.82) is 0 Å². The molecule has 2 aromatic rings. The third-order valence-corrected chi connectivity index (χ3v) is 4.15. The summed E-state index contributed by atoms with van der Waals surface area (Å²) in [7, 11) is 3.09. The zero-order valence-corrected chi connectivity index (χ0v) is 16.7. The summed E-state index contributed by atoms with van der Waals surface area (Å²) in [6, 6.07) is 10.0. The molecule has 0 amide bonds. The van der Waals surface area contributed by atoms with Crippen molar-refractivity contribution < 1.29 is 28.5 Å². The van der Waals surface area contributed by atoms with Crippen LogP contribution in [0.2, 0.25) is 0 Å². The van der Waals surface area contributed by atoms with Crippen LogP contribution in [0.3, 0.4) is 0 Å². The molecule has 0 fully saturated rings. The second kappa shape index (κ2) is 10.3. The average Bonchev–Trinajstić information content (AvgIpc) is 2.72. The van der Waals surface area contributed by atoms with Gasteiger partial charge in [-0.05, 0) is 50.2 Å². The molecule has 28 heavy (non-hydrogen) atoms. The first-order chi connectivity index (χ1) is 13.5. The molecule has 2 aromatic carbocycles. The van der Waals surface area contributed by atoms with E-state index < -0.39 is 0 Å². The highest BCUT2D eigenvalue weighted by atomic mass is 16.5. The molecule has 0 aliphatic carbocycles. The van der Waals surface area contributed by atoms with Gasteiger partial charge in [-0.2, -0.15) is 0 Å². The molecule has 150 valence electrons. The van der Waals surface area contributed by atoms with Gasteiger partial charge in [-0.1, -0.05) is 0 Å². The number of hydrogen-bond donors (Lipinski definition) is 0. The molecule has 0 N–H and O–H groups in total. The predicted molar refractivity (Wildman–Crippen MR) is 106 cm³/mol. The number of methoxy groups -OCH3 is 2. The van der Waals surface area contributed by atoms with Gasteiger partial charge in [-0.15, -0.1) is 0 Å². The second-order valence-corrected chi connectivity index (χ2v) is 5.94. The number of ether oxygens (including phenoxy) is 4. The van der Waals surface area contributed by atoms with E-state index in [0.29, 0.717) is 47.3 Å². The average molecular weight is 386 g/mol. The van der Waals surface area contributed by atoms with Crippen LogP contribution in [-0.4, -0.2) is 39.0 Å². The molecule has 0 spiro atoms. The van der Waals surface area contributed by atoms with E-state index in [2.05, 4.69) is 0 Å². The monoisotopic (exact) mass is 386 g/mol. The molecular formula is C22H26O6. The lowest BCUT2D eigenvalue weighted by molar-refractivity contribution is 0.0917. The SMILES string of the molecule is CCOc1cc(C(=O)CCC(=O)c2ccc(OC)c(OCC)c2)ccc1OC. The summed E-state index contributed by atoms with van der Waals surface area (Å²) in [5.41, 5.74) is 0.976. The molecule has 0 aromatic heterocycles. The van der Waals surface area contributed by atoms with Crippen LogP contribution in [-0.2, 0) is 0 Å². The molecule has 0 atom stereocenters.